The van der Waals surface area contributed by atoms with E-state index in [1.54, 1.807) is 91.9 Å². The fraction of sp³-hybridized carbons (Fsp3) is 0.115. The largest absolute Gasteiger partial charge is 0.466 e. The van der Waals surface area contributed by atoms with Crippen molar-refractivity contribution in [2.75, 3.05) is 7.11 Å². The molecule has 5 nitrogen and oxygen atoms in total. The Morgan fingerprint density at radius 2 is 1.32 bits per heavy atom. The van der Waals surface area contributed by atoms with Crippen molar-refractivity contribution in [3.63, 3.8) is 0 Å². The van der Waals surface area contributed by atoms with Gasteiger partial charge < -0.3 is 9.47 Å². The van der Waals surface area contributed by atoms with Crippen molar-refractivity contribution in [2.24, 2.45) is 0 Å². The van der Waals surface area contributed by atoms with Crippen LogP contribution in [0.4, 0.5) is 0 Å². The van der Waals surface area contributed by atoms with E-state index in [0.29, 0.717) is 16.7 Å². The molecule has 0 N–H and O–H groups in total. The lowest BCUT2D eigenvalue weighted by atomic mass is 9.88. The van der Waals surface area contributed by atoms with E-state index in [-0.39, 0.29) is 11.3 Å². The summed E-state index contributed by atoms with van der Waals surface area (Å²) in [6.45, 7) is 1.79. The molecule has 0 heterocycles. The van der Waals surface area contributed by atoms with E-state index in [4.69, 9.17) is 9.47 Å². The van der Waals surface area contributed by atoms with Crippen LogP contribution in [0.3, 0.4) is 0 Å². The minimum absolute atomic E-state index is 0.271. The lowest BCUT2D eigenvalue weighted by Gasteiger charge is -2.29. The molecule has 0 aliphatic heterocycles. The molecular formula is C26H22O5. The number of allylic oxidation sites excluding steroid dienone is 1. The highest BCUT2D eigenvalue weighted by Gasteiger charge is 2.45. The quantitative estimate of drug-likeness (QED) is 0.320. The molecule has 0 amide bonds. The summed E-state index contributed by atoms with van der Waals surface area (Å²) in [6, 6.07) is 23.9. The van der Waals surface area contributed by atoms with E-state index in [2.05, 4.69) is 0 Å². The van der Waals surface area contributed by atoms with E-state index in [1.165, 1.54) is 19.3 Å². The highest BCUT2D eigenvalue weighted by Crippen LogP contribution is 2.33. The van der Waals surface area contributed by atoms with Crippen molar-refractivity contribution < 1.29 is 23.9 Å². The molecule has 0 aromatic heterocycles. The maximum atomic E-state index is 13.0. The molecule has 3 aromatic rings. The summed E-state index contributed by atoms with van der Waals surface area (Å²) < 4.78 is 10.8. The minimum atomic E-state index is -1.93. The predicted octanol–water partition coefficient (Wildman–Crippen LogP) is 4.66. The number of hydrogen-bond donors (Lipinski definition) is 0. The molecule has 1 unspecified atom stereocenters. The van der Waals surface area contributed by atoms with Crippen LogP contribution in [0.15, 0.2) is 97.1 Å². The molecule has 156 valence electrons. The summed E-state index contributed by atoms with van der Waals surface area (Å²) in [6.07, 6.45) is 2.52. The maximum Gasteiger partial charge on any atom is 0.359 e. The third kappa shape index (κ3) is 4.78. The summed E-state index contributed by atoms with van der Waals surface area (Å²) >= 11 is 0. The highest BCUT2D eigenvalue weighted by atomic mass is 16.6. The van der Waals surface area contributed by atoms with Gasteiger partial charge in [-0.2, -0.15) is 0 Å². The summed E-state index contributed by atoms with van der Waals surface area (Å²) in [5.74, 6) is -1.87. The zero-order valence-electron chi connectivity index (χ0n) is 17.3. The van der Waals surface area contributed by atoms with Crippen LogP contribution in [0, 0.1) is 6.92 Å². The van der Waals surface area contributed by atoms with Gasteiger partial charge in [0.15, 0.2) is 5.78 Å². The normalized spacial score (nSPS) is 12.7. The monoisotopic (exact) mass is 414 g/mol. The third-order valence-corrected chi connectivity index (χ3v) is 4.82. The number of benzene rings is 3. The Labute approximate surface area is 180 Å². The first-order valence-electron chi connectivity index (χ1n) is 9.69. The van der Waals surface area contributed by atoms with Crippen molar-refractivity contribution >= 4 is 17.7 Å². The molecule has 1 atom stereocenters. The number of carbonyl (C=O) groups is 3. The SMILES string of the molecule is COC(=O)C(/C=C/C(=O)c1ccccc1)(OC(=O)c1ccccc1)c1ccccc1C. The van der Waals surface area contributed by atoms with Crippen LogP contribution in [0.5, 0.6) is 0 Å². The number of carbonyl (C=O) groups excluding carboxylic acids is 3. The van der Waals surface area contributed by atoms with Gasteiger partial charge in [-0.25, -0.2) is 9.59 Å². The first-order chi connectivity index (χ1) is 15.0. The number of methoxy groups -OCH3 is 1. The van der Waals surface area contributed by atoms with Gasteiger partial charge in [0.1, 0.15) is 0 Å². The second kappa shape index (κ2) is 9.67. The van der Waals surface area contributed by atoms with E-state index in [9.17, 15) is 14.4 Å². The summed E-state index contributed by atoms with van der Waals surface area (Å²) in [7, 11) is 1.21. The number of esters is 2. The Hall–Kier alpha value is -3.99. The van der Waals surface area contributed by atoms with E-state index in [0.717, 1.165) is 0 Å². The minimum Gasteiger partial charge on any atom is -0.466 e. The van der Waals surface area contributed by atoms with Crippen molar-refractivity contribution in [3.8, 4) is 0 Å². The Bertz CT molecular complexity index is 1100. The number of ketones is 1. The molecule has 31 heavy (non-hydrogen) atoms. The van der Waals surface area contributed by atoms with Crippen LogP contribution in [0.25, 0.3) is 0 Å². The molecule has 3 aromatic carbocycles. The molecule has 0 bridgehead atoms. The van der Waals surface area contributed by atoms with Gasteiger partial charge >= 0.3 is 11.9 Å². The molecule has 0 saturated carbocycles. The molecule has 0 aliphatic carbocycles. The number of rotatable bonds is 7. The Balaban J connectivity index is 2.11. The molecular weight excluding hydrogens is 392 g/mol. The zero-order chi connectivity index (χ0) is 22.3. The zero-order valence-corrected chi connectivity index (χ0v) is 17.3. The van der Waals surface area contributed by atoms with Crippen molar-refractivity contribution in [3.05, 3.63) is 119 Å². The van der Waals surface area contributed by atoms with E-state index in [1.807, 2.05) is 0 Å². The molecule has 0 spiro atoms. The molecule has 0 radical (unpaired) electrons. The van der Waals surface area contributed by atoms with Gasteiger partial charge in [-0.3, -0.25) is 4.79 Å². The van der Waals surface area contributed by atoms with Gasteiger partial charge in [0, 0.05) is 11.1 Å². The maximum absolute atomic E-state index is 13.0. The summed E-state index contributed by atoms with van der Waals surface area (Å²) in [4.78, 5) is 38.7. The Morgan fingerprint density at radius 3 is 1.90 bits per heavy atom. The standard InChI is InChI=1S/C26H22O5/c1-19-11-9-10-16-22(19)26(25(29)30-2,31-24(28)21-14-7-4-8-15-21)18-17-23(27)20-12-5-3-6-13-20/h3-18H,1-2H3/b18-17+. The number of ether oxygens (including phenoxy) is 2. The van der Waals surface area contributed by atoms with Crippen molar-refractivity contribution in [1.82, 2.24) is 0 Å². The molecule has 3 rings (SSSR count). The van der Waals surface area contributed by atoms with Crippen LogP contribution in [0.1, 0.15) is 31.8 Å². The average molecular weight is 414 g/mol. The second-order valence-corrected chi connectivity index (χ2v) is 6.86. The molecule has 0 aliphatic rings. The summed E-state index contributed by atoms with van der Waals surface area (Å²) in [5, 5.41) is 0. The fourth-order valence-electron chi connectivity index (χ4n) is 3.21. The molecule has 0 saturated heterocycles. The van der Waals surface area contributed by atoms with Crippen LogP contribution in [-0.2, 0) is 19.9 Å². The first-order valence-corrected chi connectivity index (χ1v) is 9.69. The molecule has 5 heteroatoms. The van der Waals surface area contributed by atoms with Gasteiger partial charge in [0.25, 0.3) is 5.60 Å². The first kappa shape index (κ1) is 21.7. The smallest absolute Gasteiger partial charge is 0.359 e. The van der Waals surface area contributed by atoms with Gasteiger partial charge in [-0.05, 0) is 36.8 Å². The summed E-state index contributed by atoms with van der Waals surface area (Å²) in [5.41, 5.74) is -0.116. The topological polar surface area (TPSA) is 69.7 Å². The van der Waals surface area contributed by atoms with Crippen LogP contribution >= 0.6 is 0 Å². The van der Waals surface area contributed by atoms with E-state index < -0.39 is 17.5 Å². The van der Waals surface area contributed by atoms with Crippen molar-refractivity contribution in [1.29, 1.82) is 0 Å². The van der Waals surface area contributed by atoms with Gasteiger partial charge in [0.2, 0.25) is 0 Å². The Kier molecular flexibility index (Phi) is 6.78. The molecule has 0 fully saturated rings. The van der Waals surface area contributed by atoms with Gasteiger partial charge in [0.05, 0.1) is 12.7 Å². The Morgan fingerprint density at radius 1 is 0.774 bits per heavy atom. The van der Waals surface area contributed by atoms with Crippen LogP contribution < -0.4 is 0 Å². The number of aryl methyl sites for hydroxylation is 1. The van der Waals surface area contributed by atoms with Gasteiger partial charge in [-0.15, -0.1) is 0 Å². The van der Waals surface area contributed by atoms with Gasteiger partial charge in [-0.1, -0.05) is 72.8 Å². The highest BCUT2D eigenvalue weighted by molar-refractivity contribution is 6.05. The second-order valence-electron chi connectivity index (χ2n) is 6.86. The third-order valence-electron chi connectivity index (χ3n) is 4.82. The fourth-order valence-corrected chi connectivity index (χ4v) is 3.21. The van der Waals surface area contributed by atoms with Crippen molar-refractivity contribution in [2.45, 2.75) is 12.5 Å². The van der Waals surface area contributed by atoms with Crippen LogP contribution in [-0.4, -0.2) is 24.8 Å². The van der Waals surface area contributed by atoms with E-state index >= 15 is 0 Å². The van der Waals surface area contributed by atoms with Crippen LogP contribution in [0.2, 0.25) is 0 Å². The number of hydrogen-bond acceptors (Lipinski definition) is 5. The lowest BCUT2D eigenvalue weighted by Crippen LogP contribution is -2.40. The predicted molar refractivity (Wildman–Crippen MR) is 117 cm³/mol. The average Bonchev–Trinajstić information content (AvgIpc) is 2.82. The lowest BCUT2D eigenvalue weighted by molar-refractivity contribution is -0.159.